The van der Waals surface area contributed by atoms with Crippen LogP contribution in [0.4, 0.5) is 4.39 Å². The van der Waals surface area contributed by atoms with Crippen LogP contribution in [0, 0.1) is 31.0 Å². The van der Waals surface area contributed by atoms with Gasteiger partial charge >= 0.3 is 0 Å². The molecule has 7 nitrogen and oxygen atoms in total. The highest BCUT2D eigenvalue weighted by atomic mass is 32.2. The molecule has 3 aromatic rings. The van der Waals surface area contributed by atoms with Gasteiger partial charge in [-0.15, -0.1) is 0 Å². The summed E-state index contributed by atoms with van der Waals surface area (Å²) in [5.41, 5.74) is 1.27. The smallest absolute Gasteiger partial charge is 0.271 e. The minimum Gasteiger partial charge on any atom is -0.494 e. The first-order valence-electron chi connectivity index (χ1n) is 11.6. The standard InChI is InChI=1S/C28H22FN3O4S2/c1-16-3-5-18(6-4-16)13-23-26(35)31(28(37)38-23)12-11-22(33)24-17(2)21(14-30)25(34)32(27(24)36)15-19-7-9-20(29)10-8-19/h3-10,13,36H,11-12,15H2,1-2H3/b23-13-. The van der Waals surface area contributed by atoms with Crippen LogP contribution >= 0.6 is 24.0 Å². The van der Waals surface area contributed by atoms with E-state index in [1.165, 1.54) is 36.1 Å². The van der Waals surface area contributed by atoms with E-state index in [4.69, 9.17) is 12.2 Å². The van der Waals surface area contributed by atoms with E-state index in [1.807, 2.05) is 37.3 Å². The fraction of sp³-hybridized carbons (Fsp3) is 0.179. The molecule has 0 unspecified atom stereocenters. The van der Waals surface area contributed by atoms with E-state index >= 15 is 0 Å². The van der Waals surface area contributed by atoms with Crippen molar-refractivity contribution in [3.63, 3.8) is 0 Å². The molecule has 1 aliphatic heterocycles. The molecule has 0 bridgehead atoms. The summed E-state index contributed by atoms with van der Waals surface area (Å²) in [6, 6.07) is 14.8. The average Bonchev–Trinajstić information content (AvgIpc) is 3.15. The average molecular weight is 548 g/mol. The summed E-state index contributed by atoms with van der Waals surface area (Å²) in [7, 11) is 0. The molecular formula is C28H22FN3O4S2. The Balaban J connectivity index is 1.58. The van der Waals surface area contributed by atoms with Crippen LogP contribution in [0.15, 0.2) is 58.2 Å². The number of thiocarbonyl (C=S) groups is 1. The molecule has 192 valence electrons. The van der Waals surface area contributed by atoms with Crippen molar-refractivity contribution in [3.8, 4) is 11.9 Å². The summed E-state index contributed by atoms with van der Waals surface area (Å²) in [5.74, 6) is -1.94. The monoisotopic (exact) mass is 547 g/mol. The zero-order chi connectivity index (χ0) is 27.6. The van der Waals surface area contributed by atoms with Gasteiger partial charge in [0, 0.05) is 13.0 Å². The lowest BCUT2D eigenvalue weighted by Gasteiger charge is -2.17. The lowest BCUT2D eigenvalue weighted by molar-refractivity contribution is -0.122. The number of rotatable bonds is 7. The molecule has 2 heterocycles. The second kappa shape index (κ2) is 11.1. The minimum atomic E-state index is -0.762. The SMILES string of the molecule is Cc1ccc(/C=C2\SC(=S)N(CCC(=O)c3c(C)c(C#N)c(=O)n(Cc4ccc(F)cc4)c3O)C2=O)cc1. The third-order valence-electron chi connectivity index (χ3n) is 6.14. The van der Waals surface area contributed by atoms with Gasteiger partial charge in [0.15, 0.2) is 5.78 Å². The van der Waals surface area contributed by atoms with E-state index in [9.17, 15) is 29.1 Å². The molecule has 1 N–H and O–H groups in total. The zero-order valence-electron chi connectivity index (χ0n) is 20.5. The Hall–Kier alpha value is -4.07. The molecule has 2 aromatic carbocycles. The summed E-state index contributed by atoms with van der Waals surface area (Å²) in [6.07, 6.45) is 1.54. The Kier molecular flexibility index (Phi) is 7.90. The van der Waals surface area contributed by atoms with Crippen LogP contribution in [0.5, 0.6) is 5.88 Å². The van der Waals surface area contributed by atoms with E-state index in [2.05, 4.69) is 0 Å². The second-order valence-corrected chi connectivity index (χ2v) is 10.4. The number of carbonyl (C=O) groups is 2. The fourth-order valence-electron chi connectivity index (χ4n) is 4.05. The number of halogens is 1. The van der Waals surface area contributed by atoms with Crippen molar-refractivity contribution in [1.29, 1.82) is 5.26 Å². The highest BCUT2D eigenvalue weighted by Gasteiger charge is 2.33. The van der Waals surface area contributed by atoms with Gasteiger partial charge < -0.3 is 5.11 Å². The Bertz CT molecular complexity index is 1590. The van der Waals surface area contributed by atoms with Crippen LogP contribution < -0.4 is 5.56 Å². The van der Waals surface area contributed by atoms with Crippen molar-refractivity contribution >= 4 is 46.1 Å². The van der Waals surface area contributed by atoms with Crippen molar-refractivity contribution in [1.82, 2.24) is 9.47 Å². The maximum atomic E-state index is 13.3. The van der Waals surface area contributed by atoms with Crippen molar-refractivity contribution in [3.05, 3.63) is 103 Å². The van der Waals surface area contributed by atoms with Gasteiger partial charge in [-0.1, -0.05) is 65.9 Å². The number of aryl methyl sites for hydroxylation is 1. The number of Topliss-reactive ketones (excluding diaryl/α,β-unsaturated/α-hetero) is 1. The number of thioether (sulfide) groups is 1. The summed E-state index contributed by atoms with van der Waals surface area (Å²) >= 11 is 6.50. The molecular weight excluding hydrogens is 525 g/mol. The molecule has 1 aliphatic rings. The number of aromatic hydroxyl groups is 1. The van der Waals surface area contributed by atoms with E-state index in [1.54, 1.807) is 6.08 Å². The molecule has 1 saturated heterocycles. The number of pyridine rings is 1. The van der Waals surface area contributed by atoms with Gasteiger partial charge in [-0.25, -0.2) is 4.39 Å². The second-order valence-electron chi connectivity index (χ2n) is 8.75. The molecule has 4 rings (SSSR count). The number of ketones is 1. The number of nitriles is 1. The predicted octanol–water partition coefficient (Wildman–Crippen LogP) is 4.70. The number of carbonyl (C=O) groups excluding carboxylic acids is 2. The molecule has 1 aromatic heterocycles. The van der Waals surface area contributed by atoms with Crippen molar-refractivity contribution < 1.29 is 19.1 Å². The van der Waals surface area contributed by atoms with Crippen LogP contribution in [0.3, 0.4) is 0 Å². The molecule has 38 heavy (non-hydrogen) atoms. The maximum Gasteiger partial charge on any atom is 0.271 e. The van der Waals surface area contributed by atoms with E-state index in [0.29, 0.717) is 14.8 Å². The number of hydrogen-bond acceptors (Lipinski definition) is 7. The van der Waals surface area contributed by atoms with Gasteiger partial charge in [-0.3, -0.25) is 23.9 Å². The molecule has 0 aliphatic carbocycles. The number of benzene rings is 2. The van der Waals surface area contributed by atoms with Gasteiger partial charge in [0.05, 0.1) is 17.0 Å². The molecule has 10 heteroatoms. The Morgan fingerprint density at radius 2 is 1.79 bits per heavy atom. The van der Waals surface area contributed by atoms with Gasteiger partial charge in [0.2, 0.25) is 5.88 Å². The van der Waals surface area contributed by atoms with Crippen LogP contribution in [0.1, 0.15) is 44.6 Å². The van der Waals surface area contributed by atoms with Crippen molar-refractivity contribution in [2.24, 2.45) is 0 Å². The zero-order valence-corrected chi connectivity index (χ0v) is 22.2. The number of hydrogen-bond donors (Lipinski definition) is 1. The quantitative estimate of drug-likeness (QED) is 0.260. The summed E-state index contributed by atoms with van der Waals surface area (Å²) < 4.78 is 14.5. The molecule has 1 amide bonds. The van der Waals surface area contributed by atoms with E-state index in [-0.39, 0.29) is 42.1 Å². The van der Waals surface area contributed by atoms with Crippen LogP contribution in [0.25, 0.3) is 6.08 Å². The van der Waals surface area contributed by atoms with Crippen LogP contribution in [-0.2, 0) is 11.3 Å². The van der Waals surface area contributed by atoms with E-state index < -0.39 is 23.0 Å². The normalized spacial score (nSPS) is 14.3. The third kappa shape index (κ3) is 5.44. The number of nitrogens with zero attached hydrogens (tertiary/aromatic N) is 3. The molecule has 0 saturated carbocycles. The van der Waals surface area contributed by atoms with Crippen molar-refractivity contribution in [2.45, 2.75) is 26.8 Å². The first-order chi connectivity index (χ1) is 18.1. The molecule has 0 spiro atoms. The van der Waals surface area contributed by atoms with Gasteiger partial charge in [-0.2, -0.15) is 5.26 Å². The lowest BCUT2D eigenvalue weighted by Crippen LogP contribution is -2.31. The van der Waals surface area contributed by atoms with Gasteiger partial charge in [0.1, 0.15) is 21.8 Å². The molecule has 0 radical (unpaired) electrons. The Morgan fingerprint density at radius 1 is 1.13 bits per heavy atom. The Labute approximate surface area is 227 Å². The number of amides is 1. The van der Waals surface area contributed by atoms with Crippen LogP contribution in [0.2, 0.25) is 0 Å². The fourth-order valence-corrected chi connectivity index (χ4v) is 5.36. The van der Waals surface area contributed by atoms with Crippen molar-refractivity contribution in [2.75, 3.05) is 6.54 Å². The topological polar surface area (TPSA) is 103 Å². The lowest BCUT2D eigenvalue weighted by atomic mass is 9.99. The first-order valence-corrected chi connectivity index (χ1v) is 12.8. The largest absolute Gasteiger partial charge is 0.494 e. The first kappa shape index (κ1) is 27.0. The van der Waals surface area contributed by atoms with Gasteiger partial charge in [-0.05, 0) is 48.7 Å². The third-order valence-corrected chi connectivity index (χ3v) is 7.52. The molecule has 0 atom stereocenters. The maximum absolute atomic E-state index is 13.3. The highest BCUT2D eigenvalue weighted by molar-refractivity contribution is 8.26. The van der Waals surface area contributed by atoms with Gasteiger partial charge in [0.25, 0.3) is 11.5 Å². The van der Waals surface area contributed by atoms with E-state index in [0.717, 1.165) is 27.5 Å². The highest BCUT2D eigenvalue weighted by Crippen LogP contribution is 2.33. The minimum absolute atomic E-state index is 0.0351. The summed E-state index contributed by atoms with van der Waals surface area (Å²) in [4.78, 5) is 40.8. The van der Waals surface area contributed by atoms with Crippen LogP contribution in [-0.4, -0.2) is 37.1 Å². The molecule has 1 fully saturated rings. The number of aromatic nitrogens is 1. The summed E-state index contributed by atoms with van der Waals surface area (Å²) in [5, 5.41) is 20.5. The summed E-state index contributed by atoms with van der Waals surface area (Å²) in [6.45, 7) is 3.18. The predicted molar refractivity (Wildman–Crippen MR) is 147 cm³/mol. The Morgan fingerprint density at radius 3 is 2.42 bits per heavy atom.